The Balaban J connectivity index is 1.75. The second-order valence-corrected chi connectivity index (χ2v) is 8.84. The number of amides is 1. The summed E-state index contributed by atoms with van der Waals surface area (Å²) in [6, 6.07) is 7.33. The third-order valence-electron chi connectivity index (χ3n) is 4.36. The number of nitrogens with zero attached hydrogens (tertiary/aromatic N) is 2. The highest BCUT2D eigenvalue weighted by Gasteiger charge is 2.21. The number of rotatable bonds is 4. The van der Waals surface area contributed by atoms with Gasteiger partial charge in [-0.15, -0.1) is 0 Å². The summed E-state index contributed by atoms with van der Waals surface area (Å²) in [7, 11) is -4.06. The largest absolute Gasteiger partial charge is 0.357 e. The van der Waals surface area contributed by atoms with Gasteiger partial charge in [0.1, 0.15) is 10.7 Å². The van der Waals surface area contributed by atoms with E-state index < -0.39 is 15.9 Å². The van der Waals surface area contributed by atoms with E-state index in [1.807, 2.05) is 4.72 Å². The van der Waals surface area contributed by atoms with Crippen molar-refractivity contribution < 1.29 is 13.2 Å². The first-order valence-electron chi connectivity index (χ1n) is 8.60. The van der Waals surface area contributed by atoms with Gasteiger partial charge in [0.15, 0.2) is 0 Å². The van der Waals surface area contributed by atoms with Gasteiger partial charge in [0, 0.05) is 24.3 Å². The summed E-state index contributed by atoms with van der Waals surface area (Å²) >= 11 is 11.8. The highest BCUT2D eigenvalue weighted by atomic mass is 35.5. The van der Waals surface area contributed by atoms with Gasteiger partial charge < -0.3 is 4.90 Å². The van der Waals surface area contributed by atoms with Gasteiger partial charge in [-0.2, -0.15) is 0 Å². The molecule has 1 aromatic carbocycles. The fourth-order valence-corrected chi connectivity index (χ4v) is 4.33. The average molecular weight is 428 g/mol. The van der Waals surface area contributed by atoms with E-state index in [0.29, 0.717) is 5.02 Å². The van der Waals surface area contributed by atoms with Crippen molar-refractivity contribution in [3.05, 3.63) is 52.1 Å². The molecule has 1 aromatic heterocycles. The van der Waals surface area contributed by atoms with Crippen molar-refractivity contribution in [3.8, 4) is 0 Å². The van der Waals surface area contributed by atoms with E-state index in [9.17, 15) is 13.2 Å². The molecule has 27 heavy (non-hydrogen) atoms. The molecule has 1 N–H and O–H groups in total. The van der Waals surface area contributed by atoms with Crippen LogP contribution in [0.2, 0.25) is 10.0 Å². The number of anilines is 1. The molecule has 1 fully saturated rings. The Kier molecular flexibility index (Phi) is 6.24. The Morgan fingerprint density at radius 2 is 1.74 bits per heavy atom. The number of carbonyl (C=O) groups excluding carboxylic acids is 1. The lowest BCUT2D eigenvalue weighted by Gasteiger charge is -2.21. The minimum Gasteiger partial charge on any atom is -0.357 e. The maximum absolute atomic E-state index is 12.5. The quantitative estimate of drug-likeness (QED) is 0.800. The Bertz CT molecular complexity index is 925. The lowest BCUT2D eigenvalue weighted by atomic mass is 10.2. The number of benzene rings is 1. The second kappa shape index (κ2) is 8.46. The van der Waals surface area contributed by atoms with E-state index in [2.05, 4.69) is 9.88 Å². The molecule has 0 aliphatic carbocycles. The first kappa shape index (κ1) is 19.9. The number of nitrogens with one attached hydrogen (secondary N) is 1. The van der Waals surface area contributed by atoms with Crippen LogP contribution >= 0.6 is 23.2 Å². The molecule has 0 atom stereocenters. The maximum Gasteiger partial charge on any atom is 0.266 e. The Morgan fingerprint density at radius 3 is 2.33 bits per heavy atom. The highest BCUT2D eigenvalue weighted by Crippen LogP contribution is 2.22. The van der Waals surface area contributed by atoms with Crippen LogP contribution in [0.15, 0.2) is 41.4 Å². The van der Waals surface area contributed by atoms with Crippen LogP contribution in [-0.2, 0) is 10.0 Å². The van der Waals surface area contributed by atoms with Crippen LogP contribution in [0.25, 0.3) is 0 Å². The van der Waals surface area contributed by atoms with Gasteiger partial charge in [0.25, 0.3) is 15.9 Å². The smallest absolute Gasteiger partial charge is 0.266 e. The average Bonchev–Trinajstić information content (AvgIpc) is 2.90. The van der Waals surface area contributed by atoms with Crippen molar-refractivity contribution in [2.45, 2.75) is 30.6 Å². The van der Waals surface area contributed by atoms with Crippen LogP contribution in [-0.4, -0.2) is 32.4 Å². The summed E-state index contributed by atoms with van der Waals surface area (Å²) in [5.74, 6) is -0.0869. The van der Waals surface area contributed by atoms with E-state index >= 15 is 0 Å². The molecule has 3 rings (SSSR count). The van der Waals surface area contributed by atoms with Gasteiger partial charge in [0.05, 0.1) is 10.6 Å². The topological polar surface area (TPSA) is 79.4 Å². The van der Waals surface area contributed by atoms with Crippen molar-refractivity contribution in [2.75, 3.05) is 18.0 Å². The monoisotopic (exact) mass is 427 g/mol. The van der Waals surface area contributed by atoms with Gasteiger partial charge in [-0.1, -0.05) is 36.0 Å². The van der Waals surface area contributed by atoms with Crippen LogP contribution in [0.4, 0.5) is 5.82 Å². The van der Waals surface area contributed by atoms with E-state index in [1.54, 1.807) is 6.07 Å². The van der Waals surface area contributed by atoms with E-state index in [4.69, 9.17) is 23.2 Å². The molecule has 9 heteroatoms. The summed E-state index contributed by atoms with van der Waals surface area (Å²) in [6.07, 6.45) is 5.85. The second-order valence-electron chi connectivity index (χ2n) is 6.31. The van der Waals surface area contributed by atoms with Crippen LogP contribution in [0.3, 0.4) is 0 Å². The summed E-state index contributed by atoms with van der Waals surface area (Å²) in [4.78, 5) is 18.6. The molecular weight excluding hydrogens is 409 g/mol. The highest BCUT2D eigenvalue weighted by molar-refractivity contribution is 7.90. The molecule has 0 saturated carbocycles. The van der Waals surface area contributed by atoms with E-state index in [1.165, 1.54) is 43.3 Å². The zero-order valence-electron chi connectivity index (χ0n) is 14.5. The minimum atomic E-state index is -4.06. The molecule has 1 aliphatic heterocycles. The number of hydrogen-bond donors (Lipinski definition) is 1. The van der Waals surface area contributed by atoms with Gasteiger partial charge in [-0.05, 0) is 43.2 Å². The lowest BCUT2D eigenvalue weighted by molar-refractivity contribution is 0.0981. The molecule has 1 amide bonds. The van der Waals surface area contributed by atoms with Crippen molar-refractivity contribution in [3.63, 3.8) is 0 Å². The van der Waals surface area contributed by atoms with Crippen molar-refractivity contribution >= 4 is 45.0 Å². The number of hydrogen-bond acceptors (Lipinski definition) is 5. The molecule has 0 radical (unpaired) electrons. The van der Waals surface area contributed by atoms with Crippen LogP contribution in [0.1, 0.15) is 36.0 Å². The standard InChI is InChI=1S/C18H19Cl2N3O3S/c19-13-5-7-15(16(20)11-13)18(24)22-27(25,26)14-6-8-17(21-12-14)23-9-3-1-2-4-10-23/h5-8,11-12H,1-4,9-10H2,(H,22,24). The molecule has 1 saturated heterocycles. The molecule has 6 nitrogen and oxygen atoms in total. The first-order valence-corrected chi connectivity index (χ1v) is 10.8. The SMILES string of the molecule is O=C(NS(=O)(=O)c1ccc(N2CCCCCC2)nc1)c1ccc(Cl)cc1Cl. The third kappa shape index (κ3) is 4.91. The predicted molar refractivity (Wildman–Crippen MR) is 106 cm³/mol. The number of aromatic nitrogens is 1. The fraction of sp³-hybridized carbons (Fsp3) is 0.333. The number of carbonyl (C=O) groups is 1. The van der Waals surface area contributed by atoms with Crippen LogP contribution in [0, 0.1) is 0 Å². The normalized spacial score (nSPS) is 15.3. The summed E-state index contributed by atoms with van der Waals surface area (Å²) in [6.45, 7) is 1.82. The predicted octanol–water partition coefficient (Wildman–Crippen LogP) is 3.89. The first-order chi connectivity index (χ1) is 12.9. The van der Waals surface area contributed by atoms with Crippen LogP contribution < -0.4 is 9.62 Å². The summed E-state index contributed by atoms with van der Waals surface area (Å²) in [5.41, 5.74) is 0.0267. The third-order valence-corrected chi connectivity index (χ3v) is 6.23. The number of halogens is 2. The minimum absolute atomic E-state index is 0.0267. The fourth-order valence-electron chi connectivity index (χ4n) is 2.93. The number of pyridine rings is 1. The molecule has 0 spiro atoms. The van der Waals surface area contributed by atoms with E-state index in [-0.39, 0.29) is 15.5 Å². The molecule has 2 aromatic rings. The van der Waals surface area contributed by atoms with Gasteiger partial charge in [-0.25, -0.2) is 18.1 Å². The molecule has 2 heterocycles. The Labute approximate surface area is 168 Å². The van der Waals surface area contributed by atoms with E-state index in [0.717, 1.165) is 31.7 Å². The van der Waals surface area contributed by atoms with Crippen molar-refractivity contribution in [2.24, 2.45) is 0 Å². The molecular formula is C18H19Cl2N3O3S. The van der Waals surface area contributed by atoms with Crippen LogP contribution in [0.5, 0.6) is 0 Å². The Hall–Kier alpha value is -1.83. The summed E-state index contributed by atoms with van der Waals surface area (Å²) in [5, 5.41) is 0.428. The molecule has 144 valence electrons. The van der Waals surface area contributed by atoms with Crippen molar-refractivity contribution in [1.29, 1.82) is 0 Å². The lowest BCUT2D eigenvalue weighted by Crippen LogP contribution is -2.31. The number of sulfonamides is 1. The molecule has 0 bridgehead atoms. The molecule has 1 aliphatic rings. The molecule has 0 unspecified atom stereocenters. The maximum atomic E-state index is 12.5. The van der Waals surface area contributed by atoms with Gasteiger partial charge >= 0.3 is 0 Å². The summed E-state index contributed by atoms with van der Waals surface area (Å²) < 4.78 is 27.0. The zero-order valence-corrected chi connectivity index (χ0v) is 16.8. The Morgan fingerprint density at radius 1 is 1.04 bits per heavy atom. The van der Waals surface area contributed by atoms with Gasteiger partial charge in [-0.3, -0.25) is 4.79 Å². The van der Waals surface area contributed by atoms with Gasteiger partial charge in [0.2, 0.25) is 0 Å². The van der Waals surface area contributed by atoms with Crippen molar-refractivity contribution in [1.82, 2.24) is 9.71 Å². The zero-order chi connectivity index (χ0) is 19.4.